The van der Waals surface area contributed by atoms with E-state index < -0.39 is 30.3 Å². The van der Waals surface area contributed by atoms with Gasteiger partial charge in [-0.25, -0.2) is 4.79 Å². The Bertz CT molecular complexity index is 917. The van der Waals surface area contributed by atoms with E-state index in [-0.39, 0.29) is 21.8 Å². The molecule has 2 aromatic carbocycles. The van der Waals surface area contributed by atoms with E-state index in [2.05, 4.69) is 15.4 Å². The van der Waals surface area contributed by atoms with Crippen LogP contribution in [-0.4, -0.2) is 24.7 Å². The second kappa shape index (κ2) is 6.77. The summed E-state index contributed by atoms with van der Waals surface area (Å²) in [6, 6.07) is 10.0. The zero-order valence-electron chi connectivity index (χ0n) is 14.0. The molecule has 27 heavy (non-hydrogen) atoms. The van der Waals surface area contributed by atoms with Crippen LogP contribution in [0.4, 0.5) is 23.7 Å². The quantitative estimate of drug-likeness (QED) is 0.805. The van der Waals surface area contributed by atoms with Crippen molar-refractivity contribution in [3.63, 3.8) is 0 Å². The zero-order valence-corrected chi connectivity index (χ0v) is 14.7. The number of carbonyl (C=O) groups is 2. The maximum atomic E-state index is 14.0. The van der Waals surface area contributed by atoms with E-state index in [4.69, 9.17) is 11.6 Å². The van der Waals surface area contributed by atoms with Gasteiger partial charge >= 0.3 is 12.3 Å². The number of halogens is 4. The van der Waals surface area contributed by atoms with E-state index in [9.17, 15) is 22.8 Å². The highest BCUT2D eigenvalue weighted by Crippen LogP contribution is 2.47. The van der Waals surface area contributed by atoms with Crippen molar-refractivity contribution >= 4 is 29.3 Å². The maximum Gasteiger partial charge on any atom is 0.434 e. The van der Waals surface area contributed by atoms with Crippen LogP contribution in [0.2, 0.25) is 5.02 Å². The number of rotatable bonds is 3. The molecule has 1 unspecified atom stereocenters. The largest absolute Gasteiger partial charge is 0.434 e. The van der Waals surface area contributed by atoms with Gasteiger partial charge in [0.15, 0.2) is 0 Å². The molecule has 5 nitrogen and oxygen atoms in total. The molecule has 0 saturated carbocycles. The first-order chi connectivity index (χ1) is 12.6. The molecule has 1 aliphatic heterocycles. The van der Waals surface area contributed by atoms with Crippen molar-refractivity contribution in [3.05, 3.63) is 64.2 Å². The van der Waals surface area contributed by atoms with E-state index >= 15 is 0 Å². The summed E-state index contributed by atoms with van der Waals surface area (Å²) in [6.45, 7) is 0.755. The Morgan fingerprint density at radius 1 is 1.26 bits per heavy atom. The number of fused-ring (bicyclic) bond motifs is 1. The van der Waals surface area contributed by atoms with Crippen LogP contribution in [0.25, 0.3) is 0 Å². The minimum atomic E-state index is -5.00. The summed E-state index contributed by atoms with van der Waals surface area (Å²) in [6.07, 6.45) is -6.27. The first kappa shape index (κ1) is 19.0. The number of aryl methyl sites for hydroxylation is 1. The lowest BCUT2D eigenvalue weighted by Gasteiger charge is -2.39. The molecule has 0 radical (unpaired) electrons. The predicted octanol–water partition coefficient (Wildman–Crippen LogP) is 4.40. The molecule has 1 aliphatic rings. The average molecular weight is 399 g/mol. The highest BCUT2D eigenvalue weighted by molar-refractivity contribution is 6.30. The average Bonchev–Trinajstić information content (AvgIpc) is 2.58. The highest BCUT2D eigenvalue weighted by atomic mass is 35.5. The van der Waals surface area contributed by atoms with Crippen molar-refractivity contribution in [2.75, 3.05) is 11.9 Å². The van der Waals surface area contributed by atoms with E-state index in [1.165, 1.54) is 24.3 Å². The number of nitrogens with one attached hydrogen (secondary N) is 2. The van der Waals surface area contributed by atoms with Gasteiger partial charge in [-0.15, -0.1) is 0 Å². The Labute approximate surface area is 157 Å². The fourth-order valence-electron chi connectivity index (χ4n) is 2.84. The first-order valence-corrected chi connectivity index (χ1v) is 8.22. The standard InChI is InChI=1S/C18H14ClF3N2O3/c1-10-3-2-4-11(7-10)15(25)23-9-17(18(20,21)22)13-8-12(19)5-6-14(13)24-16(26)27-17/h2-8H,9H2,1H3,(H,23,25)(H,24,26). The van der Waals surface area contributed by atoms with Gasteiger partial charge in [0.1, 0.15) is 0 Å². The third-order valence-corrected chi connectivity index (χ3v) is 4.39. The number of hydrogen-bond acceptors (Lipinski definition) is 3. The molecular formula is C18H14ClF3N2O3. The minimum absolute atomic E-state index is 0.0344. The number of carbonyl (C=O) groups excluding carboxylic acids is 2. The Morgan fingerprint density at radius 3 is 2.67 bits per heavy atom. The summed E-state index contributed by atoms with van der Waals surface area (Å²) in [5.41, 5.74) is -2.56. The third-order valence-electron chi connectivity index (χ3n) is 4.16. The molecule has 3 rings (SSSR count). The number of benzene rings is 2. The molecule has 0 saturated heterocycles. The first-order valence-electron chi connectivity index (χ1n) is 7.84. The number of hydrogen-bond donors (Lipinski definition) is 2. The highest BCUT2D eigenvalue weighted by Gasteiger charge is 2.62. The van der Waals surface area contributed by atoms with Crippen molar-refractivity contribution in [1.82, 2.24) is 5.32 Å². The molecule has 2 aromatic rings. The van der Waals surface area contributed by atoms with Crippen LogP contribution in [0.3, 0.4) is 0 Å². The van der Waals surface area contributed by atoms with Gasteiger partial charge in [0.2, 0.25) is 0 Å². The SMILES string of the molecule is Cc1cccc(C(=O)NCC2(C(F)(F)F)OC(=O)Nc3ccc(Cl)cc32)c1. The number of ether oxygens (including phenoxy) is 1. The molecule has 2 amide bonds. The van der Waals surface area contributed by atoms with Crippen LogP contribution in [0.15, 0.2) is 42.5 Å². The second-order valence-corrected chi connectivity index (χ2v) is 6.52. The van der Waals surface area contributed by atoms with Gasteiger partial charge in [-0.1, -0.05) is 29.3 Å². The van der Waals surface area contributed by atoms with Gasteiger partial charge in [-0.3, -0.25) is 10.1 Å². The van der Waals surface area contributed by atoms with Crippen LogP contribution in [0, 0.1) is 6.92 Å². The summed E-state index contributed by atoms with van der Waals surface area (Å²) in [5.74, 6) is -0.722. The molecule has 2 N–H and O–H groups in total. The lowest BCUT2D eigenvalue weighted by atomic mass is 9.89. The third kappa shape index (κ3) is 3.57. The molecule has 9 heteroatoms. The Hall–Kier alpha value is -2.74. The molecule has 1 atom stereocenters. The molecule has 142 valence electrons. The minimum Gasteiger partial charge on any atom is -0.426 e. The summed E-state index contributed by atoms with van der Waals surface area (Å²) in [5, 5.41) is 4.46. The van der Waals surface area contributed by atoms with Gasteiger partial charge in [0, 0.05) is 16.1 Å². The number of alkyl halides is 3. The fraction of sp³-hybridized carbons (Fsp3) is 0.222. The van der Waals surface area contributed by atoms with Crippen molar-refractivity contribution in [3.8, 4) is 0 Å². The van der Waals surface area contributed by atoms with Gasteiger partial charge in [-0.2, -0.15) is 13.2 Å². The maximum absolute atomic E-state index is 14.0. The molecule has 1 heterocycles. The van der Waals surface area contributed by atoms with Gasteiger partial charge in [0.05, 0.1) is 12.2 Å². The Balaban J connectivity index is 1.99. The lowest BCUT2D eigenvalue weighted by molar-refractivity contribution is -0.261. The summed E-state index contributed by atoms with van der Waals surface area (Å²) < 4.78 is 46.7. The number of cyclic esters (lactones) is 1. The summed E-state index contributed by atoms with van der Waals surface area (Å²) in [7, 11) is 0. The van der Waals surface area contributed by atoms with E-state index in [0.717, 1.165) is 11.6 Å². The van der Waals surface area contributed by atoms with Gasteiger partial charge in [-0.05, 0) is 37.3 Å². The molecule has 0 bridgehead atoms. The van der Waals surface area contributed by atoms with Crippen LogP contribution in [0.1, 0.15) is 21.5 Å². The monoisotopic (exact) mass is 398 g/mol. The number of anilines is 1. The fourth-order valence-corrected chi connectivity index (χ4v) is 3.02. The smallest absolute Gasteiger partial charge is 0.426 e. The normalized spacial score (nSPS) is 18.9. The topological polar surface area (TPSA) is 67.4 Å². The summed E-state index contributed by atoms with van der Waals surface area (Å²) >= 11 is 5.84. The predicted molar refractivity (Wildman–Crippen MR) is 92.8 cm³/mol. The Kier molecular flexibility index (Phi) is 4.77. The van der Waals surface area contributed by atoms with Gasteiger partial charge < -0.3 is 10.1 Å². The van der Waals surface area contributed by atoms with Crippen LogP contribution >= 0.6 is 11.6 Å². The molecule has 0 spiro atoms. The Morgan fingerprint density at radius 2 is 2.00 bits per heavy atom. The summed E-state index contributed by atoms with van der Waals surface area (Å²) in [4.78, 5) is 24.1. The molecule has 0 aliphatic carbocycles. The van der Waals surface area contributed by atoms with Crippen molar-refractivity contribution in [2.45, 2.75) is 18.7 Å². The molecular weight excluding hydrogens is 385 g/mol. The van der Waals surface area contributed by atoms with Crippen molar-refractivity contribution in [2.24, 2.45) is 0 Å². The van der Waals surface area contributed by atoms with E-state index in [1.54, 1.807) is 19.1 Å². The van der Waals surface area contributed by atoms with Crippen molar-refractivity contribution < 1.29 is 27.5 Å². The van der Waals surface area contributed by atoms with Crippen LogP contribution in [-0.2, 0) is 10.3 Å². The van der Waals surface area contributed by atoms with E-state index in [0.29, 0.717) is 0 Å². The van der Waals surface area contributed by atoms with Crippen molar-refractivity contribution in [1.29, 1.82) is 0 Å². The molecule has 0 aromatic heterocycles. The van der Waals surface area contributed by atoms with Gasteiger partial charge in [0.25, 0.3) is 11.5 Å². The van der Waals surface area contributed by atoms with Crippen LogP contribution in [0.5, 0.6) is 0 Å². The van der Waals surface area contributed by atoms with Crippen LogP contribution < -0.4 is 10.6 Å². The lowest BCUT2D eigenvalue weighted by Crippen LogP contribution is -2.56. The van der Waals surface area contributed by atoms with E-state index in [1.807, 2.05) is 0 Å². The second-order valence-electron chi connectivity index (χ2n) is 6.08. The number of amides is 2. The molecule has 0 fully saturated rings. The zero-order chi connectivity index (χ0) is 19.8.